The fraction of sp³-hybridized carbons (Fsp3) is 0.417. The summed E-state index contributed by atoms with van der Waals surface area (Å²) < 4.78 is 5.06. The number of carbonyl (C=O) groups is 1. The number of amides is 2. The quantitative estimate of drug-likeness (QED) is 0.861. The maximum Gasteiger partial charge on any atom is 0.321 e. The Balaban J connectivity index is 2.00. The highest BCUT2D eigenvalue weighted by Crippen LogP contribution is 2.27. The summed E-state index contributed by atoms with van der Waals surface area (Å²) in [6, 6.07) is 5.08. The van der Waals surface area contributed by atoms with Gasteiger partial charge in [0.2, 0.25) is 0 Å². The van der Waals surface area contributed by atoms with Gasteiger partial charge in [0.15, 0.2) is 0 Å². The van der Waals surface area contributed by atoms with Crippen LogP contribution in [0.3, 0.4) is 0 Å². The third-order valence-corrected chi connectivity index (χ3v) is 3.10. The number of ether oxygens (including phenoxy) is 1. The van der Waals surface area contributed by atoms with Crippen molar-refractivity contribution in [1.29, 1.82) is 0 Å². The molecule has 1 aliphatic rings. The Morgan fingerprint density at radius 2 is 2.17 bits per heavy atom. The first kappa shape index (κ1) is 13.0. The van der Waals surface area contributed by atoms with E-state index in [4.69, 9.17) is 16.3 Å². The van der Waals surface area contributed by atoms with Gasteiger partial charge in [0.05, 0.1) is 12.1 Å². The minimum Gasteiger partial charge on any atom is -0.495 e. The number of rotatable bonds is 2. The second-order valence-electron chi connectivity index (χ2n) is 4.02. The van der Waals surface area contributed by atoms with Gasteiger partial charge in [-0.25, -0.2) is 4.79 Å². The monoisotopic (exact) mass is 269 g/mol. The molecule has 2 N–H and O–H groups in total. The first-order valence-electron chi connectivity index (χ1n) is 5.81. The molecule has 1 aromatic carbocycles. The van der Waals surface area contributed by atoms with Gasteiger partial charge < -0.3 is 20.3 Å². The van der Waals surface area contributed by atoms with E-state index in [1.165, 1.54) is 0 Å². The molecule has 1 saturated heterocycles. The zero-order chi connectivity index (χ0) is 13.0. The molecule has 0 radical (unpaired) electrons. The summed E-state index contributed by atoms with van der Waals surface area (Å²) in [5.41, 5.74) is 0.671. The molecule has 6 heteroatoms. The van der Waals surface area contributed by atoms with E-state index in [1.807, 2.05) is 0 Å². The van der Waals surface area contributed by atoms with Crippen LogP contribution in [0.1, 0.15) is 0 Å². The van der Waals surface area contributed by atoms with Crippen LogP contribution < -0.4 is 15.4 Å². The largest absolute Gasteiger partial charge is 0.495 e. The van der Waals surface area contributed by atoms with Crippen molar-refractivity contribution in [2.24, 2.45) is 0 Å². The smallest absolute Gasteiger partial charge is 0.321 e. The van der Waals surface area contributed by atoms with Crippen molar-refractivity contribution in [3.8, 4) is 5.75 Å². The van der Waals surface area contributed by atoms with Gasteiger partial charge in [-0.3, -0.25) is 0 Å². The van der Waals surface area contributed by atoms with Crippen LogP contribution in [0.2, 0.25) is 5.02 Å². The molecule has 0 aliphatic carbocycles. The van der Waals surface area contributed by atoms with Gasteiger partial charge in [-0.05, 0) is 18.2 Å². The summed E-state index contributed by atoms with van der Waals surface area (Å²) in [5.74, 6) is 0.594. The number of nitrogens with one attached hydrogen (secondary N) is 2. The molecule has 18 heavy (non-hydrogen) atoms. The van der Waals surface area contributed by atoms with Gasteiger partial charge in [0.1, 0.15) is 5.75 Å². The topological polar surface area (TPSA) is 53.6 Å². The van der Waals surface area contributed by atoms with Crippen LogP contribution >= 0.6 is 11.6 Å². The highest BCUT2D eigenvalue weighted by Gasteiger charge is 2.16. The summed E-state index contributed by atoms with van der Waals surface area (Å²) in [7, 11) is 1.56. The van der Waals surface area contributed by atoms with Crippen molar-refractivity contribution in [3.05, 3.63) is 23.2 Å². The summed E-state index contributed by atoms with van der Waals surface area (Å²) in [6.45, 7) is 3.10. The van der Waals surface area contributed by atoms with Crippen molar-refractivity contribution >= 4 is 23.3 Å². The summed E-state index contributed by atoms with van der Waals surface area (Å²) in [4.78, 5) is 13.7. The molecule has 0 saturated carbocycles. The maximum atomic E-state index is 11.9. The predicted octanol–water partition coefficient (Wildman–Crippen LogP) is 1.79. The van der Waals surface area contributed by atoms with Crippen molar-refractivity contribution in [1.82, 2.24) is 10.2 Å². The van der Waals surface area contributed by atoms with Crippen LogP contribution in [-0.4, -0.2) is 44.2 Å². The number of carbonyl (C=O) groups excluding carboxylic acids is 1. The molecule has 2 rings (SSSR count). The van der Waals surface area contributed by atoms with Crippen LogP contribution in [0.4, 0.5) is 10.5 Å². The van der Waals surface area contributed by atoms with Gasteiger partial charge >= 0.3 is 6.03 Å². The first-order chi connectivity index (χ1) is 8.70. The highest BCUT2D eigenvalue weighted by molar-refractivity contribution is 6.32. The van der Waals surface area contributed by atoms with E-state index in [0.29, 0.717) is 16.5 Å². The van der Waals surface area contributed by atoms with Crippen LogP contribution in [0.25, 0.3) is 0 Å². The minimum absolute atomic E-state index is 0.0993. The molecular weight excluding hydrogens is 254 g/mol. The first-order valence-corrected chi connectivity index (χ1v) is 6.18. The van der Waals surface area contributed by atoms with Crippen LogP contribution in [-0.2, 0) is 0 Å². The average molecular weight is 270 g/mol. The number of hydrogen-bond acceptors (Lipinski definition) is 3. The molecule has 0 spiro atoms. The van der Waals surface area contributed by atoms with E-state index in [0.717, 1.165) is 26.2 Å². The number of urea groups is 1. The molecule has 2 amide bonds. The molecule has 0 atom stereocenters. The van der Waals surface area contributed by atoms with Crippen LogP contribution in [0.5, 0.6) is 5.75 Å². The normalized spacial score (nSPS) is 15.3. The summed E-state index contributed by atoms with van der Waals surface area (Å²) in [5, 5.41) is 6.50. The molecule has 0 bridgehead atoms. The number of nitrogens with zero attached hydrogens (tertiary/aromatic N) is 1. The third kappa shape index (κ3) is 3.05. The lowest BCUT2D eigenvalue weighted by Gasteiger charge is -2.27. The van der Waals surface area contributed by atoms with Crippen molar-refractivity contribution in [2.45, 2.75) is 0 Å². The second-order valence-corrected chi connectivity index (χ2v) is 4.42. The molecule has 98 valence electrons. The number of halogens is 1. The standard InChI is InChI=1S/C12H16ClN3O2/c1-18-11-3-2-9(8-10(11)13)15-12(17)16-6-4-14-5-7-16/h2-3,8,14H,4-7H2,1H3,(H,15,17). The lowest BCUT2D eigenvalue weighted by atomic mass is 10.3. The van der Waals surface area contributed by atoms with Crippen molar-refractivity contribution in [3.63, 3.8) is 0 Å². The molecule has 5 nitrogen and oxygen atoms in total. The highest BCUT2D eigenvalue weighted by atomic mass is 35.5. The molecule has 1 aromatic rings. The predicted molar refractivity (Wildman–Crippen MR) is 71.5 cm³/mol. The van der Waals surface area contributed by atoms with Crippen LogP contribution in [0.15, 0.2) is 18.2 Å². The Morgan fingerprint density at radius 1 is 1.44 bits per heavy atom. The van der Waals surface area contributed by atoms with E-state index in [2.05, 4.69) is 10.6 Å². The Labute approximate surface area is 111 Å². The molecule has 0 unspecified atom stereocenters. The van der Waals surface area contributed by atoms with Gasteiger partial charge in [0.25, 0.3) is 0 Å². The van der Waals surface area contributed by atoms with Gasteiger partial charge in [-0.15, -0.1) is 0 Å². The van der Waals surface area contributed by atoms with E-state index in [9.17, 15) is 4.79 Å². The summed E-state index contributed by atoms with van der Waals surface area (Å²) >= 11 is 6.00. The maximum absolute atomic E-state index is 11.9. The number of benzene rings is 1. The van der Waals surface area contributed by atoms with Gasteiger partial charge in [0, 0.05) is 31.9 Å². The fourth-order valence-corrected chi connectivity index (χ4v) is 2.07. The number of anilines is 1. The molecular formula is C12H16ClN3O2. The van der Waals surface area contributed by atoms with E-state index in [1.54, 1.807) is 30.2 Å². The molecule has 0 aromatic heterocycles. The summed E-state index contributed by atoms with van der Waals surface area (Å²) in [6.07, 6.45) is 0. The molecule has 1 heterocycles. The van der Waals surface area contributed by atoms with E-state index in [-0.39, 0.29) is 6.03 Å². The number of piperazine rings is 1. The molecule has 1 fully saturated rings. The lowest BCUT2D eigenvalue weighted by molar-refractivity contribution is 0.204. The minimum atomic E-state index is -0.0993. The third-order valence-electron chi connectivity index (χ3n) is 2.81. The van der Waals surface area contributed by atoms with Gasteiger partial charge in [-0.1, -0.05) is 11.6 Å². The SMILES string of the molecule is COc1ccc(NC(=O)N2CCNCC2)cc1Cl. The second kappa shape index (κ2) is 5.93. The van der Waals surface area contributed by atoms with E-state index >= 15 is 0 Å². The Bertz CT molecular complexity index is 433. The van der Waals surface area contributed by atoms with Crippen molar-refractivity contribution in [2.75, 3.05) is 38.6 Å². The van der Waals surface area contributed by atoms with Gasteiger partial charge in [-0.2, -0.15) is 0 Å². The number of hydrogen-bond donors (Lipinski definition) is 2. The van der Waals surface area contributed by atoms with Crippen LogP contribution in [0, 0.1) is 0 Å². The Morgan fingerprint density at radius 3 is 2.78 bits per heavy atom. The van der Waals surface area contributed by atoms with E-state index < -0.39 is 0 Å². The zero-order valence-corrected chi connectivity index (χ0v) is 11.0. The lowest BCUT2D eigenvalue weighted by Crippen LogP contribution is -2.48. The average Bonchev–Trinajstić information content (AvgIpc) is 2.40. The zero-order valence-electron chi connectivity index (χ0n) is 10.2. The number of methoxy groups -OCH3 is 1. The Hall–Kier alpha value is -1.46. The fourth-order valence-electron chi connectivity index (χ4n) is 1.81. The Kier molecular flexibility index (Phi) is 4.28. The van der Waals surface area contributed by atoms with Crippen molar-refractivity contribution < 1.29 is 9.53 Å². The molecule has 1 aliphatic heterocycles.